The van der Waals surface area contributed by atoms with Crippen LogP contribution < -0.4 is 19.4 Å². The number of para-hydroxylation sites is 1. The van der Waals surface area contributed by atoms with Crippen molar-refractivity contribution in [2.24, 2.45) is 0 Å². The number of rotatable bonds is 4. The van der Waals surface area contributed by atoms with Crippen LogP contribution in [0.5, 0.6) is 11.5 Å². The summed E-state index contributed by atoms with van der Waals surface area (Å²) < 4.78 is 13.0. The topological polar surface area (TPSA) is 54.6 Å². The lowest BCUT2D eigenvalue weighted by Gasteiger charge is -2.19. The third kappa shape index (κ3) is 4.07. The number of aliphatic hydroxyl groups is 1. The first kappa shape index (κ1) is 19.0. The molecule has 0 amide bonds. The average molecular weight is 405 g/mol. The Labute approximate surface area is 174 Å². The van der Waals surface area contributed by atoms with Crippen LogP contribution in [0.25, 0.3) is 11.5 Å². The summed E-state index contributed by atoms with van der Waals surface area (Å²) in [6.07, 6.45) is 3.69. The second kappa shape index (κ2) is 8.32. The predicted octanol–water partition coefficient (Wildman–Crippen LogP) is 4.38. The van der Waals surface area contributed by atoms with Crippen molar-refractivity contribution >= 4 is 34.3 Å². The van der Waals surface area contributed by atoms with Gasteiger partial charge < -0.3 is 19.9 Å². The lowest BCUT2D eigenvalue weighted by atomic mass is 10.1. The van der Waals surface area contributed by atoms with Crippen LogP contribution in [-0.2, 0) is 0 Å². The SMILES string of the molecule is Cc1ccccc1NC(=S)C(=C(O)c1ccc2c(c1)OCCO2)[n+]1ccccc1. The first-order valence-electron chi connectivity index (χ1n) is 9.30. The lowest BCUT2D eigenvalue weighted by Crippen LogP contribution is -2.38. The zero-order chi connectivity index (χ0) is 20.2. The molecule has 29 heavy (non-hydrogen) atoms. The highest BCUT2D eigenvalue weighted by Crippen LogP contribution is 2.33. The van der Waals surface area contributed by atoms with Gasteiger partial charge in [-0.25, -0.2) is 0 Å². The summed E-state index contributed by atoms with van der Waals surface area (Å²) in [7, 11) is 0. The van der Waals surface area contributed by atoms with Crippen LogP contribution in [0.2, 0.25) is 0 Å². The summed E-state index contributed by atoms with van der Waals surface area (Å²) in [5.41, 5.74) is 3.02. The molecule has 0 spiro atoms. The Morgan fingerprint density at radius 3 is 2.45 bits per heavy atom. The summed E-state index contributed by atoms with van der Waals surface area (Å²) in [6, 6.07) is 18.9. The van der Waals surface area contributed by atoms with Gasteiger partial charge in [0.05, 0.1) is 0 Å². The lowest BCUT2D eigenvalue weighted by molar-refractivity contribution is -0.575. The van der Waals surface area contributed by atoms with Gasteiger partial charge in [0.15, 0.2) is 34.6 Å². The molecule has 2 N–H and O–H groups in total. The zero-order valence-electron chi connectivity index (χ0n) is 16.0. The van der Waals surface area contributed by atoms with E-state index in [9.17, 15) is 5.11 Å². The van der Waals surface area contributed by atoms with E-state index in [0.717, 1.165) is 11.3 Å². The van der Waals surface area contributed by atoms with Crippen molar-refractivity contribution in [1.29, 1.82) is 0 Å². The number of fused-ring (bicyclic) bond motifs is 1. The number of anilines is 1. The fourth-order valence-electron chi connectivity index (χ4n) is 3.12. The van der Waals surface area contributed by atoms with Crippen molar-refractivity contribution in [3.8, 4) is 11.5 Å². The Kier molecular flexibility index (Phi) is 5.44. The molecule has 2 heterocycles. The van der Waals surface area contributed by atoms with E-state index in [0.29, 0.717) is 41.0 Å². The number of nitrogens with zero attached hydrogens (tertiary/aromatic N) is 1. The van der Waals surface area contributed by atoms with E-state index in [-0.39, 0.29) is 5.76 Å². The zero-order valence-corrected chi connectivity index (χ0v) is 16.8. The molecule has 0 fully saturated rings. The third-order valence-corrected chi connectivity index (χ3v) is 4.92. The maximum Gasteiger partial charge on any atom is 0.288 e. The van der Waals surface area contributed by atoms with Gasteiger partial charge in [0, 0.05) is 23.4 Å². The molecule has 2 aromatic carbocycles. The van der Waals surface area contributed by atoms with Gasteiger partial charge in [0.1, 0.15) is 13.2 Å². The van der Waals surface area contributed by atoms with Crippen molar-refractivity contribution in [3.05, 3.63) is 84.2 Å². The molecule has 0 aliphatic carbocycles. The Hall–Kier alpha value is -3.38. The minimum atomic E-state index is 0.0456. The van der Waals surface area contributed by atoms with Crippen molar-refractivity contribution in [2.45, 2.75) is 6.92 Å². The molecule has 4 rings (SSSR count). The summed E-state index contributed by atoms with van der Waals surface area (Å²) in [5, 5.41) is 14.4. The summed E-state index contributed by atoms with van der Waals surface area (Å²) in [5.74, 6) is 1.32. The smallest absolute Gasteiger partial charge is 0.288 e. The van der Waals surface area contributed by atoms with Crippen molar-refractivity contribution in [1.82, 2.24) is 0 Å². The first-order valence-corrected chi connectivity index (χ1v) is 9.71. The molecule has 0 unspecified atom stereocenters. The van der Waals surface area contributed by atoms with Crippen LogP contribution in [-0.4, -0.2) is 23.3 Å². The molecule has 0 radical (unpaired) electrons. The standard InChI is InChI=1S/C23H20N2O3S/c1-16-7-3-4-8-18(16)24-23(29)21(25-11-5-2-6-12-25)22(26)17-9-10-19-20(15-17)28-14-13-27-19/h2-12,15H,13-14H2,1H3,(H-,24,26,29)/p+1. The van der Waals surface area contributed by atoms with Crippen LogP contribution >= 0.6 is 12.2 Å². The Bertz CT molecular complexity index is 1080. The van der Waals surface area contributed by atoms with Gasteiger partial charge in [0.25, 0.3) is 5.70 Å². The Balaban J connectivity index is 1.78. The van der Waals surface area contributed by atoms with E-state index in [1.807, 2.05) is 61.8 Å². The average Bonchev–Trinajstić information content (AvgIpc) is 2.76. The number of aromatic nitrogens is 1. The van der Waals surface area contributed by atoms with Crippen LogP contribution in [0.1, 0.15) is 11.1 Å². The molecule has 1 aliphatic heterocycles. The molecule has 1 aliphatic rings. The minimum absolute atomic E-state index is 0.0456. The number of aliphatic hydroxyl groups excluding tert-OH is 1. The van der Waals surface area contributed by atoms with Gasteiger partial charge in [-0.2, -0.15) is 4.57 Å². The van der Waals surface area contributed by atoms with E-state index in [1.165, 1.54) is 0 Å². The van der Waals surface area contributed by atoms with E-state index >= 15 is 0 Å². The number of benzene rings is 2. The van der Waals surface area contributed by atoms with Crippen molar-refractivity contribution in [3.63, 3.8) is 0 Å². The highest BCUT2D eigenvalue weighted by molar-refractivity contribution is 7.81. The number of hydrogen-bond acceptors (Lipinski definition) is 4. The molecule has 0 saturated carbocycles. The summed E-state index contributed by atoms with van der Waals surface area (Å²) >= 11 is 5.69. The highest BCUT2D eigenvalue weighted by atomic mass is 32.1. The minimum Gasteiger partial charge on any atom is -0.502 e. The van der Waals surface area contributed by atoms with E-state index < -0.39 is 0 Å². The van der Waals surface area contributed by atoms with Crippen LogP contribution in [0.3, 0.4) is 0 Å². The van der Waals surface area contributed by atoms with Gasteiger partial charge in [-0.15, -0.1) is 0 Å². The maximum absolute atomic E-state index is 11.2. The van der Waals surface area contributed by atoms with Gasteiger partial charge in [-0.3, -0.25) is 0 Å². The van der Waals surface area contributed by atoms with Crippen LogP contribution in [0, 0.1) is 6.92 Å². The molecular weight excluding hydrogens is 384 g/mol. The first-order chi connectivity index (χ1) is 14.1. The second-order valence-corrected chi connectivity index (χ2v) is 7.02. The number of pyridine rings is 1. The van der Waals surface area contributed by atoms with Gasteiger partial charge in [-0.05, 0) is 36.8 Å². The van der Waals surface area contributed by atoms with Gasteiger partial charge in [-0.1, -0.05) is 36.5 Å². The fraction of sp³-hybridized carbons (Fsp3) is 0.130. The van der Waals surface area contributed by atoms with Gasteiger partial charge >= 0.3 is 0 Å². The largest absolute Gasteiger partial charge is 0.502 e. The highest BCUT2D eigenvalue weighted by Gasteiger charge is 2.25. The molecule has 5 nitrogen and oxygen atoms in total. The predicted molar refractivity (Wildman–Crippen MR) is 117 cm³/mol. The van der Waals surface area contributed by atoms with Crippen molar-refractivity contribution in [2.75, 3.05) is 18.5 Å². The van der Waals surface area contributed by atoms with Crippen LogP contribution in [0.4, 0.5) is 5.69 Å². The quantitative estimate of drug-likeness (QED) is 0.292. The maximum atomic E-state index is 11.2. The number of thiocarbonyl (C=S) groups is 1. The summed E-state index contributed by atoms with van der Waals surface area (Å²) in [6.45, 7) is 3.00. The number of aryl methyl sites for hydroxylation is 1. The fourth-order valence-corrected chi connectivity index (χ4v) is 3.43. The number of ether oxygens (including phenoxy) is 2. The van der Waals surface area contributed by atoms with Crippen molar-refractivity contribution < 1.29 is 19.1 Å². The molecule has 0 bridgehead atoms. The third-order valence-electron chi connectivity index (χ3n) is 4.62. The number of hydrogen-bond donors (Lipinski definition) is 2. The van der Waals surface area contributed by atoms with E-state index in [1.54, 1.807) is 22.8 Å². The molecule has 3 aromatic rings. The Morgan fingerprint density at radius 1 is 0.966 bits per heavy atom. The molecule has 1 aromatic heterocycles. The second-order valence-electron chi connectivity index (χ2n) is 6.61. The molecular formula is C23H21N2O3S+. The normalized spacial score (nSPS) is 13.4. The van der Waals surface area contributed by atoms with E-state index in [4.69, 9.17) is 21.7 Å². The monoisotopic (exact) mass is 405 g/mol. The molecule has 0 saturated heterocycles. The molecule has 0 atom stereocenters. The van der Waals surface area contributed by atoms with E-state index in [2.05, 4.69) is 5.32 Å². The Morgan fingerprint density at radius 2 is 1.69 bits per heavy atom. The molecule has 6 heteroatoms. The number of nitrogens with one attached hydrogen (secondary N) is 1. The summed E-state index contributed by atoms with van der Waals surface area (Å²) in [4.78, 5) is 0.405. The van der Waals surface area contributed by atoms with Gasteiger partial charge in [0.2, 0.25) is 0 Å². The van der Waals surface area contributed by atoms with Crippen LogP contribution in [0.15, 0.2) is 73.1 Å². The molecule has 146 valence electrons.